The van der Waals surface area contributed by atoms with E-state index in [0.29, 0.717) is 19.5 Å². The molecule has 12 heavy (non-hydrogen) atoms. The van der Waals surface area contributed by atoms with Crippen molar-refractivity contribution in [3.8, 4) is 0 Å². The standard InChI is InChI=1S/C8H18N2O2/c1-2-7(6-9)5-8(12)10-3-4-11/h7,11H,2-6,9H2,1H3,(H,10,12). The second kappa shape index (κ2) is 7.06. The lowest BCUT2D eigenvalue weighted by Gasteiger charge is -2.10. The van der Waals surface area contributed by atoms with E-state index in [0.717, 1.165) is 6.42 Å². The molecule has 0 aliphatic rings. The normalized spacial score (nSPS) is 12.6. The Balaban J connectivity index is 3.52. The number of nitrogens with one attached hydrogen (secondary N) is 1. The van der Waals surface area contributed by atoms with Gasteiger partial charge in [-0.15, -0.1) is 0 Å². The number of hydrogen-bond acceptors (Lipinski definition) is 3. The molecule has 0 aromatic rings. The summed E-state index contributed by atoms with van der Waals surface area (Å²) in [7, 11) is 0. The minimum atomic E-state index is -0.0265. The van der Waals surface area contributed by atoms with Gasteiger partial charge in [-0.1, -0.05) is 13.3 Å². The molecule has 72 valence electrons. The fourth-order valence-electron chi connectivity index (χ4n) is 0.924. The third-order valence-electron chi connectivity index (χ3n) is 1.82. The smallest absolute Gasteiger partial charge is 0.220 e. The van der Waals surface area contributed by atoms with Crippen LogP contribution in [0, 0.1) is 5.92 Å². The zero-order valence-electron chi connectivity index (χ0n) is 7.55. The van der Waals surface area contributed by atoms with Gasteiger partial charge in [-0.05, 0) is 12.5 Å². The number of amides is 1. The van der Waals surface area contributed by atoms with Crippen LogP contribution in [0.3, 0.4) is 0 Å². The largest absolute Gasteiger partial charge is 0.395 e. The number of carbonyl (C=O) groups is 1. The monoisotopic (exact) mass is 174 g/mol. The Bertz CT molecular complexity index is 124. The summed E-state index contributed by atoms with van der Waals surface area (Å²) in [6, 6.07) is 0. The Morgan fingerprint density at radius 3 is 2.75 bits per heavy atom. The van der Waals surface area contributed by atoms with E-state index in [4.69, 9.17) is 10.8 Å². The van der Waals surface area contributed by atoms with Crippen LogP contribution in [0.1, 0.15) is 19.8 Å². The maximum Gasteiger partial charge on any atom is 0.220 e. The van der Waals surface area contributed by atoms with Gasteiger partial charge < -0.3 is 16.2 Å². The van der Waals surface area contributed by atoms with Crippen molar-refractivity contribution < 1.29 is 9.90 Å². The van der Waals surface area contributed by atoms with Crippen molar-refractivity contribution in [2.45, 2.75) is 19.8 Å². The third-order valence-corrected chi connectivity index (χ3v) is 1.82. The summed E-state index contributed by atoms with van der Waals surface area (Å²) >= 11 is 0. The molecule has 1 unspecified atom stereocenters. The number of nitrogens with two attached hydrogens (primary N) is 1. The third kappa shape index (κ3) is 5.09. The maximum atomic E-state index is 11.1. The first-order valence-electron chi connectivity index (χ1n) is 4.32. The molecule has 4 nitrogen and oxygen atoms in total. The quantitative estimate of drug-likeness (QED) is 0.506. The van der Waals surface area contributed by atoms with Crippen LogP contribution >= 0.6 is 0 Å². The fraction of sp³-hybridized carbons (Fsp3) is 0.875. The van der Waals surface area contributed by atoms with Crippen molar-refractivity contribution in [3.05, 3.63) is 0 Å². The lowest BCUT2D eigenvalue weighted by Crippen LogP contribution is -2.29. The number of aliphatic hydroxyl groups excluding tert-OH is 1. The summed E-state index contributed by atoms with van der Waals surface area (Å²) in [5.74, 6) is 0.241. The summed E-state index contributed by atoms with van der Waals surface area (Å²) in [6.07, 6.45) is 1.38. The van der Waals surface area contributed by atoms with Gasteiger partial charge in [-0.2, -0.15) is 0 Å². The van der Waals surface area contributed by atoms with Crippen LogP contribution < -0.4 is 11.1 Å². The predicted octanol–water partition coefficient (Wildman–Crippen LogP) is -0.530. The van der Waals surface area contributed by atoms with Gasteiger partial charge in [0.2, 0.25) is 5.91 Å². The van der Waals surface area contributed by atoms with Crippen molar-refractivity contribution in [3.63, 3.8) is 0 Å². The van der Waals surface area contributed by atoms with Crippen LogP contribution in [-0.2, 0) is 4.79 Å². The number of aliphatic hydroxyl groups is 1. The highest BCUT2D eigenvalue weighted by atomic mass is 16.3. The van der Waals surface area contributed by atoms with E-state index in [1.165, 1.54) is 0 Å². The molecule has 0 fully saturated rings. The Hall–Kier alpha value is -0.610. The summed E-state index contributed by atoms with van der Waals surface area (Å²) in [4.78, 5) is 11.1. The summed E-state index contributed by atoms with van der Waals surface area (Å²) in [6.45, 7) is 2.88. The highest BCUT2D eigenvalue weighted by Crippen LogP contribution is 2.04. The summed E-state index contributed by atoms with van der Waals surface area (Å²) in [5, 5.41) is 11.0. The Labute approximate surface area is 73.1 Å². The van der Waals surface area contributed by atoms with Crippen molar-refractivity contribution in [1.82, 2.24) is 5.32 Å². The summed E-state index contributed by atoms with van der Waals surface area (Å²) in [5.41, 5.74) is 5.43. The van der Waals surface area contributed by atoms with E-state index in [1.54, 1.807) is 0 Å². The molecule has 0 aromatic carbocycles. The van der Waals surface area contributed by atoms with Crippen LogP contribution in [-0.4, -0.2) is 30.7 Å². The molecule has 0 rings (SSSR count). The molecule has 0 aliphatic carbocycles. The van der Waals surface area contributed by atoms with Crippen molar-refractivity contribution >= 4 is 5.91 Å². The number of carbonyl (C=O) groups excluding carboxylic acids is 1. The van der Waals surface area contributed by atoms with Crippen LogP contribution in [0.2, 0.25) is 0 Å². The highest BCUT2D eigenvalue weighted by molar-refractivity contribution is 5.76. The second-order valence-electron chi connectivity index (χ2n) is 2.79. The van der Waals surface area contributed by atoms with Gasteiger partial charge in [-0.25, -0.2) is 0 Å². The van der Waals surface area contributed by atoms with E-state index >= 15 is 0 Å². The zero-order chi connectivity index (χ0) is 9.40. The second-order valence-corrected chi connectivity index (χ2v) is 2.79. The lowest BCUT2D eigenvalue weighted by atomic mass is 10.0. The molecule has 4 heteroatoms. The van der Waals surface area contributed by atoms with Crippen LogP contribution in [0.5, 0.6) is 0 Å². The van der Waals surface area contributed by atoms with Gasteiger partial charge >= 0.3 is 0 Å². The Morgan fingerprint density at radius 1 is 1.67 bits per heavy atom. The first-order valence-corrected chi connectivity index (χ1v) is 4.32. The van der Waals surface area contributed by atoms with Gasteiger partial charge in [-0.3, -0.25) is 4.79 Å². The van der Waals surface area contributed by atoms with Gasteiger partial charge in [0.25, 0.3) is 0 Å². The SMILES string of the molecule is CCC(CN)CC(=O)NCCO. The van der Waals surface area contributed by atoms with Crippen LogP contribution in [0.4, 0.5) is 0 Å². The van der Waals surface area contributed by atoms with Gasteiger partial charge in [0.05, 0.1) is 6.61 Å². The van der Waals surface area contributed by atoms with E-state index in [2.05, 4.69) is 5.32 Å². The molecule has 0 saturated heterocycles. The van der Waals surface area contributed by atoms with E-state index in [-0.39, 0.29) is 18.4 Å². The van der Waals surface area contributed by atoms with Gasteiger partial charge in [0.1, 0.15) is 0 Å². The average molecular weight is 174 g/mol. The molecule has 0 bridgehead atoms. The van der Waals surface area contributed by atoms with Crippen LogP contribution in [0.15, 0.2) is 0 Å². The molecule has 1 atom stereocenters. The Kier molecular flexibility index (Phi) is 6.70. The molecular weight excluding hydrogens is 156 g/mol. The molecule has 0 spiro atoms. The van der Waals surface area contributed by atoms with Crippen molar-refractivity contribution in [1.29, 1.82) is 0 Å². The number of hydrogen-bond donors (Lipinski definition) is 3. The molecule has 4 N–H and O–H groups in total. The molecule has 0 radical (unpaired) electrons. The lowest BCUT2D eigenvalue weighted by molar-refractivity contribution is -0.122. The van der Waals surface area contributed by atoms with Gasteiger partial charge in [0, 0.05) is 13.0 Å². The predicted molar refractivity (Wildman–Crippen MR) is 47.5 cm³/mol. The number of rotatable bonds is 6. The maximum absolute atomic E-state index is 11.1. The fourth-order valence-corrected chi connectivity index (χ4v) is 0.924. The van der Waals surface area contributed by atoms with Crippen LogP contribution in [0.25, 0.3) is 0 Å². The highest BCUT2D eigenvalue weighted by Gasteiger charge is 2.08. The first kappa shape index (κ1) is 11.4. The van der Waals surface area contributed by atoms with Crippen molar-refractivity contribution in [2.75, 3.05) is 19.7 Å². The minimum absolute atomic E-state index is 0.00877. The van der Waals surface area contributed by atoms with E-state index < -0.39 is 0 Å². The molecule has 0 aliphatic heterocycles. The molecule has 1 amide bonds. The zero-order valence-corrected chi connectivity index (χ0v) is 7.55. The average Bonchev–Trinajstić information content (AvgIpc) is 2.10. The topological polar surface area (TPSA) is 75.4 Å². The minimum Gasteiger partial charge on any atom is -0.395 e. The van der Waals surface area contributed by atoms with E-state index in [9.17, 15) is 4.79 Å². The molecular formula is C8H18N2O2. The Morgan fingerprint density at radius 2 is 2.33 bits per heavy atom. The van der Waals surface area contributed by atoms with Crippen molar-refractivity contribution in [2.24, 2.45) is 11.7 Å². The molecule has 0 heterocycles. The first-order chi connectivity index (χ1) is 5.74. The summed E-state index contributed by atoms with van der Waals surface area (Å²) < 4.78 is 0. The van der Waals surface area contributed by atoms with Gasteiger partial charge in [0.15, 0.2) is 0 Å². The van der Waals surface area contributed by atoms with E-state index in [1.807, 2.05) is 6.92 Å². The molecule has 0 saturated carbocycles. The molecule has 0 aromatic heterocycles.